The minimum Gasteiger partial charge on any atom is -0.455 e. The standard InChI is InChI=1S/C16H13N5O4S/c1-10-20-14(8-17)16(24-10)21-19-9-12-4-7-15(25-12)11-2-5-13(6-3-11)26(18,22)23/h2-7,9,21H,1H3,(H2,18,22,23). The summed E-state index contributed by atoms with van der Waals surface area (Å²) in [6, 6.07) is 11.3. The molecule has 0 spiro atoms. The van der Waals surface area contributed by atoms with Gasteiger partial charge in [0, 0.05) is 12.5 Å². The Morgan fingerprint density at radius 2 is 1.96 bits per heavy atom. The maximum Gasteiger partial charge on any atom is 0.252 e. The van der Waals surface area contributed by atoms with Crippen molar-refractivity contribution in [1.82, 2.24) is 4.98 Å². The van der Waals surface area contributed by atoms with E-state index >= 15 is 0 Å². The van der Waals surface area contributed by atoms with Crippen LogP contribution in [0.2, 0.25) is 0 Å². The number of hydrogen-bond acceptors (Lipinski definition) is 8. The SMILES string of the molecule is Cc1nc(C#N)c(NN=Cc2ccc(-c3ccc(S(N)(=O)=O)cc3)o2)o1. The predicted molar refractivity (Wildman–Crippen MR) is 92.7 cm³/mol. The van der Waals surface area contributed by atoms with Crippen molar-refractivity contribution in [3.63, 3.8) is 0 Å². The van der Waals surface area contributed by atoms with Crippen LogP contribution in [0.4, 0.5) is 5.88 Å². The van der Waals surface area contributed by atoms with Crippen molar-refractivity contribution in [1.29, 1.82) is 5.26 Å². The van der Waals surface area contributed by atoms with Gasteiger partial charge in [-0.25, -0.2) is 24.0 Å². The van der Waals surface area contributed by atoms with E-state index in [1.54, 1.807) is 31.2 Å². The van der Waals surface area contributed by atoms with Gasteiger partial charge in [0.2, 0.25) is 15.7 Å². The van der Waals surface area contributed by atoms with Gasteiger partial charge in [-0.05, 0) is 36.4 Å². The first-order valence-electron chi connectivity index (χ1n) is 7.26. The molecule has 2 heterocycles. The number of oxazole rings is 1. The summed E-state index contributed by atoms with van der Waals surface area (Å²) in [4.78, 5) is 3.91. The molecule has 0 radical (unpaired) electrons. The lowest BCUT2D eigenvalue weighted by molar-refractivity contribution is 0.533. The zero-order chi connectivity index (χ0) is 18.7. The van der Waals surface area contributed by atoms with Crippen LogP contribution >= 0.6 is 0 Å². The van der Waals surface area contributed by atoms with Crippen molar-refractivity contribution in [2.75, 3.05) is 5.43 Å². The number of aryl methyl sites for hydroxylation is 1. The second-order valence-corrected chi connectivity index (χ2v) is 6.73. The summed E-state index contributed by atoms with van der Waals surface area (Å²) in [5.74, 6) is 1.47. The first-order valence-corrected chi connectivity index (χ1v) is 8.81. The number of hydrazone groups is 1. The highest BCUT2D eigenvalue weighted by molar-refractivity contribution is 7.89. The number of nitrogens with two attached hydrogens (primary N) is 1. The predicted octanol–water partition coefficient (Wildman–Crippen LogP) is 2.21. The van der Waals surface area contributed by atoms with Gasteiger partial charge in [0.1, 0.15) is 17.6 Å². The zero-order valence-corrected chi connectivity index (χ0v) is 14.3. The summed E-state index contributed by atoms with van der Waals surface area (Å²) in [5, 5.41) is 17.9. The lowest BCUT2D eigenvalue weighted by Crippen LogP contribution is -2.11. The molecular weight excluding hydrogens is 358 g/mol. The molecule has 1 aromatic carbocycles. The number of hydrogen-bond donors (Lipinski definition) is 2. The smallest absolute Gasteiger partial charge is 0.252 e. The van der Waals surface area contributed by atoms with E-state index in [0.29, 0.717) is 23.0 Å². The van der Waals surface area contributed by atoms with Crippen molar-refractivity contribution >= 4 is 22.1 Å². The molecule has 0 saturated heterocycles. The van der Waals surface area contributed by atoms with E-state index in [2.05, 4.69) is 15.5 Å². The summed E-state index contributed by atoms with van der Waals surface area (Å²) in [5.41, 5.74) is 3.37. The molecule has 3 aromatic rings. The van der Waals surface area contributed by atoms with E-state index in [1.807, 2.05) is 6.07 Å². The third-order valence-electron chi connectivity index (χ3n) is 3.29. The molecule has 0 atom stereocenters. The first kappa shape index (κ1) is 17.4. The summed E-state index contributed by atoms with van der Waals surface area (Å²) in [6.45, 7) is 1.62. The number of rotatable bonds is 5. The van der Waals surface area contributed by atoms with Crippen LogP contribution in [0.15, 0.2) is 55.2 Å². The number of sulfonamides is 1. The van der Waals surface area contributed by atoms with Crippen molar-refractivity contribution in [2.24, 2.45) is 10.2 Å². The molecule has 3 rings (SSSR count). The fourth-order valence-corrected chi connectivity index (χ4v) is 2.63. The lowest BCUT2D eigenvalue weighted by Gasteiger charge is -2.00. The summed E-state index contributed by atoms with van der Waals surface area (Å²) < 4.78 is 33.4. The van der Waals surface area contributed by atoms with Crippen LogP contribution in [0.1, 0.15) is 17.3 Å². The molecule has 26 heavy (non-hydrogen) atoms. The Bertz CT molecular complexity index is 1100. The number of nitrogens with zero attached hydrogens (tertiary/aromatic N) is 3. The Hall–Kier alpha value is -3.42. The highest BCUT2D eigenvalue weighted by Gasteiger charge is 2.10. The van der Waals surface area contributed by atoms with Crippen LogP contribution < -0.4 is 10.6 Å². The average Bonchev–Trinajstić information content (AvgIpc) is 3.21. The van der Waals surface area contributed by atoms with Gasteiger partial charge < -0.3 is 8.83 Å². The fourth-order valence-electron chi connectivity index (χ4n) is 2.12. The average molecular weight is 371 g/mol. The molecule has 0 bridgehead atoms. The first-order chi connectivity index (χ1) is 12.4. The molecule has 0 fully saturated rings. The van der Waals surface area contributed by atoms with Gasteiger partial charge in [-0.1, -0.05) is 0 Å². The minimum atomic E-state index is -3.74. The third-order valence-corrected chi connectivity index (χ3v) is 4.22. The van der Waals surface area contributed by atoms with Crippen molar-refractivity contribution in [3.05, 3.63) is 53.7 Å². The quantitative estimate of drug-likeness (QED) is 0.516. The Kier molecular flexibility index (Phi) is 4.57. The van der Waals surface area contributed by atoms with Crippen LogP contribution in [0.5, 0.6) is 0 Å². The Morgan fingerprint density at radius 1 is 1.23 bits per heavy atom. The van der Waals surface area contributed by atoms with Crippen LogP contribution in [0.25, 0.3) is 11.3 Å². The topological polar surface area (TPSA) is 148 Å². The number of aromatic nitrogens is 1. The van der Waals surface area contributed by atoms with Crippen molar-refractivity contribution in [3.8, 4) is 17.4 Å². The zero-order valence-electron chi connectivity index (χ0n) is 13.5. The minimum absolute atomic E-state index is 0.0226. The number of nitrogens with one attached hydrogen (secondary N) is 1. The molecule has 10 heteroatoms. The van der Waals surface area contributed by atoms with E-state index < -0.39 is 10.0 Å². The molecule has 2 aromatic heterocycles. The maximum atomic E-state index is 11.3. The second-order valence-electron chi connectivity index (χ2n) is 5.16. The Morgan fingerprint density at radius 3 is 2.62 bits per heavy atom. The van der Waals surface area contributed by atoms with Crippen molar-refractivity contribution in [2.45, 2.75) is 11.8 Å². The van der Waals surface area contributed by atoms with Crippen LogP contribution in [0.3, 0.4) is 0 Å². The van der Waals surface area contributed by atoms with E-state index in [1.165, 1.54) is 18.3 Å². The van der Waals surface area contributed by atoms with Gasteiger partial charge in [-0.2, -0.15) is 10.4 Å². The Balaban J connectivity index is 1.72. The summed E-state index contributed by atoms with van der Waals surface area (Å²) in [7, 11) is -3.74. The Labute approximate surface area is 148 Å². The van der Waals surface area contributed by atoms with Gasteiger partial charge in [0.05, 0.1) is 11.1 Å². The number of benzene rings is 1. The van der Waals surface area contributed by atoms with E-state index in [0.717, 1.165) is 0 Å². The molecule has 0 aliphatic rings. The molecular formula is C16H13N5O4S. The highest BCUT2D eigenvalue weighted by Crippen LogP contribution is 2.23. The van der Waals surface area contributed by atoms with E-state index in [4.69, 9.17) is 19.2 Å². The molecule has 3 N–H and O–H groups in total. The van der Waals surface area contributed by atoms with Crippen LogP contribution in [-0.2, 0) is 10.0 Å². The summed E-state index contributed by atoms with van der Waals surface area (Å²) in [6.07, 6.45) is 1.40. The second kappa shape index (κ2) is 6.83. The molecule has 132 valence electrons. The van der Waals surface area contributed by atoms with Crippen LogP contribution in [-0.4, -0.2) is 19.6 Å². The van der Waals surface area contributed by atoms with Gasteiger partial charge in [-0.3, -0.25) is 0 Å². The van der Waals surface area contributed by atoms with Gasteiger partial charge in [-0.15, -0.1) is 0 Å². The monoisotopic (exact) mass is 371 g/mol. The number of anilines is 1. The number of nitriles is 1. The molecule has 0 aliphatic carbocycles. The molecule has 0 unspecified atom stereocenters. The molecule has 0 amide bonds. The van der Waals surface area contributed by atoms with E-state index in [9.17, 15) is 8.42 Å². The number of primary sulfonamides is 1. The lowest BCUT2D eigenvalue weighted by atomic mass is 10.2. The van der Waals surface area contributed by atoms with Gasteiger partial charge >= 0.3 is 0 Å². The van der Waals surface area contributed by atoms with Gasteiger partial charge in [0.25, 0.3) is 5.88 Å². The molecule has 0 aliphatic heterocycles. The van der Waals surface area contributed by atoms with Gasteiger partial charge in [0.15, 0.2) is 5.89 Å². The fraction of sp³-hybridized carbons (Fsp3) is 0.0625. The third kappa shape index (κ3) is 3.80. The van der Waals surface area contributed by atoms with Crippen molar-refractivity contribution < 1.29 is 17.3 Å². The highest BCUT2D eigenvalue weighted by atomic mass is 32.2. The number of furan rings is 1. The largest absolute Gasteiger partial charge is 0.455 e. The summed E-state index contributed by atoms with van der Waals surface area (Å²) >= 11 is 0. The van der Waals surface area contributed by atoms with Crippen LogP contribution in [0, 0.1) is 18.3 Å². The molecule has 9 nitrogen and oxygen atoms in total. The van der Waals surface area contributed by atoms with E-state index in [-0.39, 0.29) is 16.5 Å². The maximum absolute atomic E-state index is 11.3. The molecule has 0 saturated carbocycles. The normalized spacial score (nSPS) is 11.6.